The molecule has 0 fully saturated rings. The van der Waals surface area contributed by atoms with Gasteiger partial charge in [-0.25, -0.2) is 19.9 Å². The van der Waals surface area contributed by atoms with Crippen molar-refractivity contribution in [1.29, 1.82) is 0 Å². The van der Waals surface area contributed by atoms with Crippen molar-refractivity contribution in [2.24, 2.45) is 0 Å². The van der Waals surface area contributed by atoms with Crippen LogP contribution >= 0.6 is 0 Å². The molecule has 196 valence electrons. The van der Waals surface area contributed by atoms with Crippen LogP contribution in [0.2, 0.25) is 0 Å². The SMILES string of the molecule is COc1cc2c(NCCCNc3ncnc4c(OC)c(OC)c(OC)cc34)ncnc2c(OC)c1OC. The predicted octanol–water partition coefficient (Wildman–Crippen LogP) is 3.54. The number of anilines is 2. The molecule has 37 heavy (non-hydrogen) atoms. The number of hydrogen-bond donors (Lipinski definition) is 2. The number of methoxy groups -OCH3 is 6. The molecule has 0 saturated heterocycles. The summed E-state index contributed by atoms with van der Waals surface area (Å²) in [6.45, 7) is 1.28. The van der Waals surface area contributed by atoms with Crippen LogP contribution in [0.15, 0.2) is 24.8 Å². The molecule has 0 unspecified atom stereocenters. The zero-order chi connectivity index (χ0) is 26.4. The highest BCUT2D eigenvalue weighted by molar-refractivity contribution is 5.97. The molecule has 0 amide bonds. The van der Waals surface area contributed by atoms with Gasteiger partial charge in [0.15, 0.2) is 23.0 Å². The smallest absolute Gasteiger partial charge is 0.205 e. The first kappa shape index (κ1) is 25.6. The molecule has 0 spiro atoms. The minimum Gasteiger partial charge on any atom is -0.493 e. The van der Waals surface area contributed by atoms with Gasteiger partial charge in [-0.3, -0.25) is 0 Å². The fourth-order valence-corrected chi connectivity index (χ4v) is 4.11. The molecule has 4 aromatic rings. The molecular formula is C25H30N6O6. The second kappa shape index (κ2) is 11.5. The summed E-state index contributed by atoms with van der Waals surface area (Å²) in [4.78, 5) is 17.6. The van der Waals surface area contributed by atoms with Gasteiger partial charge in [-0.05, 0) is 18.6 Å². The fourth-order valence-electron chi connectivity index (χ4n) is 4.11. The zero-order valence-corrected chi connectivity index (χ0v) is 21.7. The number of rotatable bonds is 12. The standard InChI is InChI=1S/C25H30N6O6/c1-32-16-10-14-18(22(36-5)20(16)34-3)28-12-30-24(14)26-8-7-9-27-25-15-11-17(33-2)21(35-4)23(37-6)19(15)29-13-31-25/h10-13H,7-9H2,1-6H3,(H,26,28,30)(H,27,29,31). The van der Waals surface area contributed by atoms with Crippen molar-refractivity contribution < 1.29 is 28.4 Å². The second-order valence-corrected chi connectivity index (χ2v) is 7.73. The van der Waals surface area contributed by atoms with Crippen LogP contribution in [-0.2, 0) is 0 Å². The second-order valence-electron chi connectivity index (χ2n) is 7.73. The van der Waals surface area contributed by atoms with Gasteiger partial charge in [0, 0.05) is 13.1 Å². The summed E-state index contributed by atoms with van der Waals surface area (Å²) in [5.41, 5.74) is 1.25. The Bertz CT molecular complexity index is 1290. The van der Waals surface area contributed by atoms with E-state index < -0.39 is 0 Å². The van der Waals surface area contributed by atoms with E-state index in [1.165, 1.54) is 12.7 Å². The van der Waals surface area contributed by atoms with Crippen LogP contribution in [0.4, 0.5) is 11.6 Å². The molecule has 2 N–H and O–H groups in total. The van der Waals surface area contributed by atoms with E-state index in [0.29, 0.717) is 70.3 Å². The minimum absolute atomic E-state index is 0.481. The first-order chi connectivity index (χ1) is 18.1. The Morgan fingerprint density at radius 1 is 0.541 bits per heavy atom. The Morgan fingerprint density at radius 3 is 1.30 bits per heavy atom. The predicted molar refractivity (Wildman–Crippen MR) is 140 cm³/mol. The van der Waals surface area contributed by atoms with E-state index in [9.17, 15) is 0 Å². The quantitative estimate of drug-likeness (QED) is 0.270. The molecule has 4 rings (SSSR count). The lowest BCUT2D eigenvalue weighted by molar-refractivity contribution is 0.327. The average Bonchev–Trinajstić information content (AvgIpc) is 2.94. The van der Waals surface area contributed by atoms with Crippen LogP contribution in [0.3, 0.4) is 0 Å². The van der Waals surface area contributed by atoms with Gasteiger partial charge in [0.25, 0.3) is 0 Å². The van der Waals surface area contributed by atoms with Crippen molar-refractivity contribution in [2.75, 3.05) is 66.4 Å². The first-order valence-corrected chi connectivity index (χ1v) is 11.5. The summed E-state index contributed by atoms with van der Waals surface area (Å²) < 4.78 is 33.0. The molecule has 0 aliphatic carbocycles. The molecule has 0 aliphatic heterocycles. The molecule has 2 heterocycles. The summed E-state index contributed by atoms with van der Waals surface area (Å²) in [6, 6.07) is 3.67. The van der Waals surface area contributed by atoms with Crippen LogP contribution in [0.5, 0.6) is 34.5 Å². The molecule has 2 aromatic heterocycles. The van der Waals surface area contributed by atoms with Gasteiger partial charge in [-0.2, -0.15) is 0 Å². The van der Waals surface area contributed by atoms with Gasteiger partial charge in [0.05, 0.1) is 53.4 Å². The third kappa shape index (κ3) is 4.82. The molecule has 0 radical (unpaired) electrons. The highest BCUT2D eigenvalue weighted by Gasteiger charge is 2.20. The number of nitrogens with zero attached hydrogens (tertiary/aromatic N) is 4. The molecule has 2 aromatic carbocycles. The van der Waals surface area contributed by atoms with Crippen molar-refractivity contribution in [1.82, 2.24) is 19.9 Å². The molecule has 0 bridgehead atoms. The highest BCUT2D eigenvalue weighted by atomic mass is 16.5. The molecule has 0 saturated carbocycles. The van der Waals surface area contributed by atoms with Gasteiger partial charge in [0.1, 0.15) is 35.3 Å². The molecule has 12 heteroatoms. The number of benzene rings is 2. The van der Waals surface area contributed by atoms with Gasteiger partial charge in [-0.15, -0.1) is 0 Å². The van der Waals surface area contributed by atoms with Crippen LogP contribution < -0.4 is 39.1 Å². The molecule has 0 atom stereocenters. The van der Waals surface area contributed by atoms with Crippen molar-refractivity contribution in [3.05, 3.63) is 24.8 Å². The van der Waals surface area contributed by atoms with Gasteiger partial charge >= 0.3 is 0 Å². The third-order valence-corrected chi connectivity index (χ3v) is 5.80. The molecular weight excluding hydrogens is 480 g/mol. The summed E-state index contributed by atoms with van der Waals surface area (Å²) in [5.74, 6) is 4.33. The Morgan fingerprint density at radius 2 is 0.946 bits per heavy atom. The molecule has 12 nitrogen and oxygen atoms in total. The van der Waals surface area contributed by atoms with Crippen LogP contribution in [0, 0.1) is 0 Å². The minimum atomic E-state index is 0.481. The summed E-state index contributed by atoms with van der Waals surface area (Å²) in [6.07, 6.45) is 3.74. The highest BCUT2D eigenvalue weighted by Crippen LogP contribution is 2.44. The van der Waals surface area contributed by atoms with E-state index >= 15 is 0 Å². The van der Waals surface area contributed by atoms with Crippen molar-refractivity contribution in [3.63, 3.8) is 0 Å². The summed E-state index contributed by atoms with van der Waals surface area (Å²) >= 11 is 0. The lowest BCUT2D eigenvalue weighted by Gasteiger charge is -2.16. The fraction of sp³-hybridized carbons (Fsp3) is 0.360. The lowest BCUT2D eigenvalue weighted by atomic mass is 10.1. The largest absolute Gasteiger partial charge is 0.493 e. The molecule has 0 aliphatic rings. The van der Waals surface area contributed by atoms with Crippen LogP contribution in [0.25, 0.3) is 21.8 Å². The monoisotopic (exact) mass is 510 g/mol. The van der Waals surface area contributed by atoms with Crippen LogP contribution in [0.1, 0.15) is 6.42 Å². The van der Waals surface area contributed by atoms with E-state index in [0.717, 1.165) is 17.2 Å². The summed E-state index contributed by atoms with van der Waals surface area (Å²) in [5, 5.41) is 8.27. The van der Waals surface area contributed by atoms with E-state index in [-0.39, 0.29) is 0 Å². The van der Waals surface area contributed by atoms with Gasteiger partial charge in [-0.1, -0.05) is 0 Å². The lowest BCUT2D eigenvalue weighted by Crippen LogP contribution is -2.11. The maximum atomic E-state index is 5.55. The van der Waals surface area contributed by atoms with Crippen molar-refractivity contribution in [3.8, 4) is 34.5 Å². The van der Waals surface area contributed by atoms with E-state index in [1.807, 2.05) is 12.1 Å². The Kier molecular flexibility index (Phi) is 7.96. The maximum Gasteiger partial charge on any atom is 0.205 e. The topological polar surface area (TPSA) is 131 Å². The van der Waals surface area contributed by atoms with Crippen molar-refractivity contribution >= 4 is 33.4 Å². The normalized spacial score (nSPS) is 10.8. The third-order valence-electron chi connectivity index (χ3n) is 5.80. The number of fused-ring (bicyclic) bond motifs is 2. The summed E-state index contributed by atoms with van der Waals surface area (Å²) in [7, 11) is 9.39. The van der Waals surface area contributed by atoms with E-state index in [1.54, 1.807) is 42.7 Å². The maximum absolute atomic E-state index is 5.55. The number of hydrogen-bond acceptors (Lipinski definition) is 12. The Hall–Kier alpha value is -4.48. The number of nitrogens with one attached hydrogen (secondary N) is 2. The number of ether oxygens (including phenoxy) is 6. The van der Waals surface area contributed by atoms with Gasteiger partial charge < -0.3 is 39.1 Å². The van der Waals surface area contributed by atoms with Gasteiger partial charge in [0.2, 0.25) is 11.5 Å². The average molecular weight is 511 g/mol. The Balaban J connectivity index is 1.50. The van der Waals surface area contributed by atoms with E-state index in [2.05, 4.69) is 30.6 Å². The first-order valence-electron chi connectivity index (χ1n) is 11.5. The zero-order valence-electron chi connectivity index (χ0n) is 21.7. The number of aromatic nitrogens is 4. The van der Waals surface area contributed by atoms with Crippen LogP contribution in [-0.4, -0.2) is 75.7 Å². The van der Waals surface area contributed by atoms with Crippen molar-refractivity contribution in [2.45, 2.75) is 6.42 Å². The van der Waals surface area contributed by atoms with E-state index in [4.69, 9.17) is 28.4 Å². The Labute approximate surface area is 214 Å².